The summed E-state index contributed by atoms with van der Waals surface area (Å²) in [6.45, 7) is 0. The number of carbonyl (C=O) groups excluding carboxylic acids is 1. The number of hydrogen-bond acceptors (Lipinski definition) is 2. The molecule has 1 aromatic rings. The molecular formula is C14H15F2NO3. The van der Waals surface area contributed by atoms with Crippen molar-refractivity contribution < 1.29 is 23.5 Å². The Bertz CT molecular complexity index is 513. The third-order valence-electron chi connectivity index (χ3n) is 3.63. The van der Waals surface area contributed by atoms with Gasteiger partial charge >= 0.3 is 5.97 Å². The lowest BCUT2D eigenvalue weighted by Crippen LogP contribution is -2.36. The number of carboxylic acid groups (broad SMARTS) is 1. The third-order valence-corrected chi connectivity index (χ3v) is 3.63. The monoisotopic (exact) mass is 283 g/mol. The number of amides is 1. The van der Waals surface area contributed by atoms with Gasteiger partial charge in [-0.3, -0.25) is 9.59 Å². The van der Waals surface area contributed by atoms with Crippen molar-refractivity contribution in [1.82, 2.24) is 0 Å². The van der Waals surface area contributed by atoms with Gasteiger partial charge in [0.2, 0.25) is 5.91 Å². The van der Waals surface area contributed by atoms with E-state index in [1.807, 2.05) is 0 Å². The minimum Gasteiger partial charge on any atom is -0.481 e. The minimum absolute atomic E-state index is 0.410. The summed E-state index contributed by atoms with van der Waals surface area (Å²) in [6, 6.07) is 3.27. The quantitative estimate of drug-likeness (QED) is 0.896. The zero-order valence-electron chi connectivity index (χ0n) is 10.7. The van der Waals surface area contributed by atoms with Crippen LogP contribution in [0.1, 0.15) is 25.7 Å². The fourth-order valence-electron chi connectivity index (χ4n) is 2.57. The molecule has 4 nitrogen and oxygen atoms in total. The highest BCUT2D eigenvalue weighted by Gasteiger charge is 2.36. The molecule has 2 unspecified atom stereocenters. The molecule has 1 fully saturated rings. The van der Waals surface area contributed by atoms with E-state index < -0.39 is 41.0 Å². The summed E-state index contributed by atoms with van der Waals surface area (Å²) in [4.78, 5) is 23.2. The molecule has 1 amide bonds. The largest absolute Gasteiger partial charge is 0.481 e. The van der Waals surface area contributed by atoms with Gasteiger partial charge < -0.3 is 10.4 Å². The Morgan fingerprint density at radius 3 is 2.20 bits per heavy atom. The Balaban J connectivity index is 2.16. The lowest BCUT2D eigenvalue weighted by Gasteiger charge is -2.27. The molecule has 2 atom stereocenters. The predicted molar refractivity (Wildman–Crippen MR) is 68.1 cm³/mol. The average molecular weight is 283 g/mol. The van der Waals surface area contributed by atoms with Gasteiger partial charge in [0, 0.05) is 0 Å². The Morgan fingerprint density at radius 1 is 1.10 bits per heavy atom. The molecular weight excluding hydrogens is 268 g/mol. The van der Waals surface area contributed by atoms with Crippen molar-refractivity contribution in [2.24, 2.45) is 11.8 Å². The number of carbonyl (C=O) groups is 2. The summed E-state index contributed by atoms with van der Waals surface area (Å²) >= 11 is 0. The molecule has 108 valence electrons. The summed E-state index contributed by atoms with van der Waals surface area (Å²) in [5.74, 6) is -4.97. The van der Waals surface area contributed by atoms with Gasteiger partial charge in [-0.05, 0) is 25.0 Å². The molecule has 0 saturated heterocycles. The van der Waals surface area contributed by atoms with Crippen LogP contribution < -0.4 is 5.32 Å². The van der Waals surface area contributed by atoms with Crippen LogP contribution in [-0.4, -0.2) is 17.0 Å². The summed E-state index contributed by atoms with van der Waals surface area (Å²) in [6.07, 6.45) is 2.31. The zero-order chi connectivity index (χ0) is 14.7. The SMILES string of the molecule is O=C(O)C1CCCCC1C(=O)Nc1c(F)cccc1F. The Kier molecular flexibility index (Phi) is 4.32. The molecule has 1 aliphatic rings. The molecule has 1 saturated carbocycles. The third kappa shape index (κ3) is 2.95. The predicted octanol–water partition coefficient (Wildman–Crippen LogP) is 2.79. The number of benzene rings is 1. The van der Waals surface area contributed by atoms with E-state index in [1.54, 1.807) is 0 Å². The number of rotatable bonds is 3. The molecule has 20 heavy (non-hydrogen) atoms. The van der Waals surface area contributed by atoms with Crippen LogP contribution in [0.3, 0.4) is 0 Å². The van der Waals surface area contributed by atoms with Crippen molar-refractivity contribution in [1.29, 1.82) is 0 Å². The molecule has 1 aliphatic carbocycles. The maximum atomic E-state index is 13.5. The van der Waals surface area contributed by atoms with Gasteiger partial charge in [0.25, 0.3) is 0 Å². The first kappa shape index (κ1) is 14.4. The van der Waals surface area contributed by atoms with Crippen LogP contribution in [0.15, 0.2) is 18.2 Å². The highest BCUT2D eigenvalue weighted by molar-refractivity contribution is 5.95. The number of para-hydroxylation sites is 1. The van der Waals surface area contributed by atoms with Crippen molar-refractivity contribution in [2.75, 3.05) is 5.32 Å². The first-order chi connectivity index (χ1) is 9.50. The van der Waals surface area contributed by atoms with Crippen LogP contribution in [0.5, 0.6) is 0 Å². The first-order valence-electron chi connectivity index (χ1n) is 6.48. The van der Waals surface area contributed by atoms with Crippen LogP contribution in [0, 0.1) is 23.5 Å². The normalized spacial score (nSPS) is 22.3. The molecule has 2 N–H and O–H groups in total. The highest BCUT2D eigenvalue weighted by atomic mass is 19.1. The second-order valence-corrected chi connectivity index (χ2v) is 4.92. The molecule has 6 heteroatoms. The molecule has 0 aromatic heterocycles. The van der Waals surface area contributed by atoms with Gasteiger partial charge in [0.05, 0.1) is 11.8 Å². The van der Waals surface area contributed by atoms with Gasteiger partial charge in [-0.15, -0.1) is 0 Å². The van der Waals surface area contributed by atoms with Gasteiger partial charge in [-0.1, -0.05) is 18.9 Å². The molecule has 0 aliphatic heterocycles. The van der Waals surface area contributed by atoms with Crippen LogP contribution in [-0.2, 0) is 9.59 Å². The van der Waals surface area contributed by atoms with E-state index in [-0.39, 0.29) is 0 Å². The van der Waals surface area contributed by atoms with Crippen molar-refractivity contribution in [2.45, 2.75) is 25.7 Å². The van der Waals surface area contributed by atoms with Crippen LogP contribution >= 0.6 is 0 Å². The number of hydrogen-bond donors (Lipinski definition) is 2. The van der Waals surface area contributed by atoms with Gasteiger partial charge in [0.15, 0.2) is 0 Å². The van der Waals surface area contributed by atoms with E-state index >= 15 is 0 Å². The lowest BCUT2D eigenvalue weighted by molar-refractivity contribution is -0.147. The minimum atomic E-state index is -1.04. The lowest BCUT2D eigenvalue weighted by atomic mass is 9.78. The standard InChI is InChI=1S/C14H15F2NO3/c15-10-6-3-7-11(16)12(10)17-13(18)8-4-1-2-5-9(8)14(19)20/h3,6-9H,1-2,4-5H2,(H,17,18)(H,19,20). The number of anilines is 1. The van der Waals surface area contributed by atoms with Gasteiger partial charge in [-0.2, -0.15) is 0 Å². The van der Waals surface area contributed by atoms with E-state index in [2.05, 4.69) is 5.32 Å². The first-order valence-corrected chi connectivity index (χ1v) is 6.48. The summed E-state index contributed by atoms with van der Waals surface area (Å²) in [5.41, 5.74) is -0.521. The van der Waals surface area contributed by atoms with Crippen molar-refractivity contribution in [3.05, 3.63) is 29.8 Å². The Morgan fingerprint density at radius 2 is 1.65 bits per heavy atom. The van der Waals surface area contributed by atoms with Crippen molar-refractivity contribution in [3.8, 4) is 0 Å². The number of aliphatic carboxylic acids is 1. The topological polar surface area (TPSA) is 66.4 Å². The summed E-state index contributed by atoms with van der Waals surface area (Å²) in [7, 11) is 0. The number of nitrogens with one attached hydrogen (secondary N) is 1. The number of halogens is 2. The fraction of sp³-hybridized carbons (Fsp3) is 0.429. The van der Waals surface area contributed by atoms with Crippen molar-refractivity contribution >= 4 is 17.6 Å². The van der Waals surface area contributed by atoms with E-state index in [0.29, 0.717) is 12.8 Å². The smallest absolute Gasteiger partial charge is 0.307 e. The van der Waals surface area contributed by atoms with Crippen molar-refractivity contribution in [3.63, 3.8) is 0 Å². The van der Waals surface area contributed by atoms with Crippen LogP contribution in [0.2, 0.25) is 0 Å². The molecule has 0 radical (unpaired) electrons. The van der Waals surface area contributed by atoms with Crippen LogP contribution in [0.4, 0.5) is 14.5 Å². The van der Waals surface area contributed by atoms with Crippen LogP contribution in [0.25, 0.3) is 0 Å². The fourth-order valence-corrected chi connectivity index (χ4v) is 2.57. The molecule has 0 spiro atoms. The molecule has 2 rings (SSSR count). The maximum Gasteiger partial charge on any atom is 0.307 e. The molecule has 0 heterocycles. The highest BCUT2D eigenvalue weighted by Crippen LogP contribution is 2.31. The maximum absolute atomic E-state index is 13.5. The van der Waals surface area contributed by atoms with Gasteiger partial charge in [-0.25, -0.2) is 8.78 Å². The van der Waals surface area contributed by atoms with E-state index in [9.17, 15) is 18.4 Å². The number of carboxylic acids is 1. The van der Waals surface area contributed by atoms with E-state index in [0.717, 1.165) is 25.0 Å². The zero-order valence-corrected chi connectivity index (χ0v) is 10.7. The Labute approximate surface area is 114 Å². The average Bonchev–Trinajstić information content (AvgIpc) is 2.43. The molecule has 0 bridgehead atoms. The second-order valence-electron chi connectivity index (χ2n) is 4.92. The molecule has 1 aromatic carbocycles. The van der Waals surface area contributed by atoms with Gasteiger partial charge in [0.1, 0.15) is 17.3 Å². The Hall–Kier alpha value is -1.98. The second kappa shape index (κ2) is 5.98. The van der Waals surface area contributed by atoms with E-state index in [4.69, 9.17) is 5.11 Å². The summed E-state index contributed by atoms with van der Waals surface area (Å²) < 4.78 is 26.9. The van der Waals surface area contributed by atoms with E-state index in [1.165, 1.54) is 6.07 Å². The summed E-state index contributed by atoms with van der Waals surface area (Å²) in [5, 5.41) is 11.3.